The largest absolute Gasteiger partial charge is 0.459 e. The summed E-state index contributed by atoms with van der Waals surface area (Å²) in [6, 6.07) is 20.0. The lowest BCUT2D eigenvalue weighted by molar-refractivity contribution is -0.148. The van der Waals surface area contributed by atoms with E-state index in [1.54, 1.807) is 0 Å². The normalized spacial score (nSPS) is 20.7. The van der Waals surface area contributed by atoms with Crippen LogP contribution >= 0.6 is 0 Å². The molecule has 2 atom stereocenters. The summed E-state index contributed by atoms with van der Waals surface area (Å²) in [7, 11) is 0. The molecular formula is C19H22N2O2. The number of ether oxygens (including phenoxy) is 1. The number of carbonyl (C=O) groups is 1. The van der Waals surface area contributed by atoms with E-state index in [1.165, 1.54) is 5.56 Å². The van der Waals surface area contributed by atoms with Crippen LogP contribution in [0.15, 0.2) is 60.7 Å². The van der Waals surface area contributed by atoms with E-state index < -0.39 is 0 Å². The van der Waals surface area contributed by atoms with E-state index in [0.29, 0.717) is 6.54 Å². The van der Waals surface area contributed by atoms with Crippen molar-refractivity contribution in [3.8, 4) is 0 Å². The molecule has 2 N–H and O–H groups in total. The van der Waals surface area contributed by atoms with Crippen LogP contribution in [-0.4, -0.2) is 31.7 Å². The first-order valence-corrected chi connectivity index (χ1v) is 8.07. The van der Waals surface area contributed by atoms with Crippen LogP contribution < -0.4 is 10.6 Å². The number of carbonyl (C=O) groups excluding carboxylic acids is 1. The van der Waals surface area contributed by atoms with Gasteiger partial charge in [-0.15, -0.1) is 0 Å². The van der Waals surface area contributed by atoms with Crippen molar-refractivity contribution < 1.29 is 9.53 Å². The molecule has 1 aliphatic heterocycles. The Balaban J connectivity index is 1.57. The first kappa shape index (κ1) is 15.6. The first-order chi connectivity index (χ1) is 11.3. The third-order valence-corrected chi connectivity index (χ3v) is 4.15. The Bertz CT molecular complexity index is 616. The number of rotatable bonds is 5. The molecule has 0 unspecified atom stereocenters. The molecule has 4 nitrogen and oxygen atoms in total. The van der Waals surface area contributed by atoms with Gasteiger partial charge in [0.15, 0.2) is 0 Å². The Hall–Kier alpha value is -2.33. The molecule has 120 valence electrons. The predicted molar refractivity (Wildman–Crippen MR) is 91.5 cm³/mol. The van der Waals surface area contributed by atoms with Gasteiger partial charge in [-0.2, -0.15) is 0 Å². The van der Waals surface area contributed by atoms with E-state index in [1.807, 2.05) is 48.5 Å². The topological polar surface area (TPSA) is 50.4 Å². The van der Waals surface area contributed by atoms with Gasteiger partial charge >= 0.3 is 5.97 Å². The minimum absolute atomic E-state index is 0.115. The molecule has 2 aromatic rings. The van der Waals surface area contributed by atoms with Gasteiger partial charge in [0.1, 0.15) is 12.6 Å². The lowest BCUT2D eigenvalue weighted by Crippen LogP contribution is -2.42. The van der Waals surface area contributed by atoms with Gasteiger partial charge in [0.2, 0.25) is 0 Å². The number of para-hydroxylation sites is 1. The summed E-state index contributed by atoms with van der Waals surface area (Å²) >= 11 is 0. The van der Waals surface area contributed by atoms with E-state index >= 15 is 0 Å². The molecule has 0 amide bonds. The molecule has 0 radical (unpaired) electrons. The Morgan fingerprint density at radius 2 is 1.78 bits per heavy atom. The van der Waals surface area contributed by atoms with E-state index in [4.69, 9.17) is 4.74 Å². The van der Waals surface area contributed by atoms with E-state index in [9.17, 15) is 4.79 Å². The molecule has 0 aliphatic carbocycles. The van der Waals surface area contributed by atoms with Crippen LogP contribution in [0.4, 0.5) is 5.69 Å². The highest BCUT2D eigenvalue weighted by Gasteiger charge is 2.29. The average molecular weight is 310 g/mol. The van der Waals surface area contributed by atoms with Crippen LogP contribution in [0.25, 0.3) is 0 Å². The average Bonchev–Trinajstić information content (AvgIpc) is 2.62. The summed E-state index contributed by atoms with van der Waals surface area (Å²) in [4.78, 5) is 12.1. The quantitative estimate of drug-likeness (QED) is 0.834. The second-order valence-corrected chi connectivity index (χ2v) is 5.76. The fourth-order valence-electron chi connectivity index (χ4n) is 2.98. The van der Waals surface area contributed by atoms with Crippen LogP contribution in [0.3, 0.4) is 0 Å². The minimum atomic E-state index is -0.219. The highest BCUT2D eigenvalue weighted by molar-refractivity contribution is 5.75. The fraction of sp³-hybridized carbons (Fsp3) is 0.316. The summed E-state index contributed by atoms with van der Waals surface area (Å²) in [5.41, 5.74) is 2.16. The van der Waals surface area contributed by atoms with Crippen LogP contribution in [-0.2, 0) is 9.53 Å². The zero-order valence-electron chi connectivity index (χ0n) is 13.1. The number of piperidine rings is 1. The molecule has 1 saturated heterocycles. The molecule has 1 aliphatic rings. The minimum Gasteiger partial charge on any atom is -0.459 e. The van der Waals surface area contributed by atoms with Crippen molar-refractivity contribution in [3.63, 3.8) is 0 Å². The SMILES string of the molecule is O=C(CNc1ccccc1)O[C@@H]1CNCC[C@@H]1c1ccccc1. The smallest absolute Gasteiger partial charge is 0.325 e. The Labute approximate surface area is 136 Å². The molecule has 0 spiro atoms. The maximum atomic E-state index is 12.1. The third kappa shape index (κ3) is 4.33. The number of hydrogen-bond acceptors (Lipinski definition) is 4. The molecule has 3 rings (SSSR count). The van der Waals surface area contributed by atoms with Gasteiger partial charge in [-0.1, -0.05) is 48.5 Å². The maximum absolute atomic E-state index is 12.1. The Morgan fingerprint density at radius 1 is 1.09 bits per heavy atom. The maximum Gasteiger partial charge on any atom is 0.325 e. The molecule has 0 saturated carbocycles. The summed E-state index contributed by atoms with van der Waals surface area (Å²) in [6.07, 6.45) is 0.866. The summed E-state index contributed by atoms with van der Waals surface area (Å²) in [5, 5.41) is 6.41. The van der Waals surface area contributed by atoms with Crippen molar-refractivity contribution in [1.82, 2.24) is 5.32 Å². The zero-order valence-corrected chi connectivity index (χ0v) is 13.1. The van der Waals surface area contributed by atoms with Gasteiger partial charge in [0.25, 0.3) is 0 Å². The van der Waals surface area contributed by atoms with Gasteiger partial charge < -0.3 is 15.4 Å². The Kier molecular flexibility index (Phi) is 5.27. The molecule has 23 heavy (non-hydrogen) atoms. The zero-order chi connectivity index (χ0) is 15.9. The van der Waals surface area contributed by atoms with Gasteiger partial charge in [0, 0.05) is 18.2 Å². The number of esters is 1. The van der Waals surface area contributed by atoms with Gasteiger partial charge in [-0.25, -0.2) is 0 Å². The standard InChI is InChI=1S/C19H22N2O2/c22-19(14-21-16-9-5-2-6-10-16)23-18-13-20-12-11-17(18)15-7-3-1-4-8-15/h1-10,17-18,20-21H,11-14H2/t17-,18-/m1/s1. The fourth-order valence-corrected chi connectivity index (χ4v) is 2.98. The monoisotopic (exact) mass is 310 g/mol. The van der Waals surface area contributed by atoms with Crippen LogP contribution in [0.2, 0.25) is 0 Å². The number of hydrogen-bond donors (Lipinski definition) is 2. The summed E-state index contributed by atoms with van der Waals surface area (Å²) < 4.78 is 5.72. The molecule has 4 heteroatoms. The van der Waals surface area contributed by atoms with Crippen molar-refractivity contribution in [1.29, 1.82) is 0 Å². The van der Waals surface area contributed by atoms with Crippen molar-refractivity contribution in [2.24, 2.45) is 0 Å². The predicted octanol–water partition coefficient (Wildman–Crippen LogP) is 2.79. The van der Waals surface area contributed by atoms with Crippen molar-refractivity contribution in [2.45, 2.75) is 18.4 Å². The van der Waals surface area contributed by atoms with Crippen LogP contribution in [0.1, 0.15) is 17.9 Å². The second kappa shape index (κ2) is 7.79. The third-order valence-electron chi connectivity index (χ3n) is 4.15. The highest BCUT2D eigenvalue weighted by atomic mass is 16.5. The molecule has 1 fully saturated rings. The summed E-state index contributed by atoms with van der Waals surface area (Å²) in [5.74, 6) is 0.0432. The summed E-state index contributed by atoms with van der Waals surface area (Å²) in [6.45, 7) is 1.84. The van der Waals surface area contributed by atoms with Crippen molar-refractivity contribution in [3.05, 3.63) is 66.2 Å². The lowest BCUT2D eigenvalue weighted by atomic mass is 9.88. The van der Waals surface area contributed by atoms with Crippen LogP contribution in [0, 0.1) is 0 Å². The molecule has 1 heterocycles. The highest BCUT2D eigenvalue weighted by Crippen LogP contribution is 2.27. The van der Waals surface area contributed by atoms with Crippen molar-refractivity contribution in [2.75, 3.05) is 25.0 Å². The van der Waals surface area contributed by atoms with E-state index in [0.717, 1.165) is 18.7 Å². The van der Waals surface area contributed by atoms with E-state index in [2.05, 4.69) is 22.8 Å². The molecular weight excluding hydrogens is 288 g/mol. The molecule has 0 aromatic heterocycles. The number of nitrogens with one attached hydrogen (secondary N) is 2. The van der Waals surface area contributed by atoms with Crippen LogP contribution in [0.5, 0.6) is 0 Å². The van der Waals surface area contributed by atoms with Gasteiger partial charge in [0.05, 0.1) is 0 Å². The lowest BCUT2D eigenvalue weighted by Gasteiger charge is -2.32. The van der Waals surface area contributed by atoms with Crippen molar-refractivity contribution >= 4 is 11.7 Å². The second-order valence-electron chi connectivity index (χ2n) is 5.76. The van der Waals surface area contributed by atoms with Gasteiger partial charge in [-0.05, 0) is 30.7 Å². The van der Waals surface area contributed by atoms with Gasteiger partial charge in [-0.3, -0.25) is 4.79 Å². The first-order valence-electron chi connectivity index (χ1n) is 8.07. The molecule has 0 bridgehead atoms. The number of benzene rings is 2. The number of anilines is 1. The molecule has 2 aromatic carbocycles. The van der Waals surface area contributed by atoms with E-state index in [-0.39, 0.29) is 24.5 Å². The Morgan fingerprint density at radius 3 is 2.52 bits per heavy atom.